The summed E-state index contributed by atoms with van der Waals surface area (Å²) in [5.74, 6) is 0.268. The zero-order valence-electron chi connectivity index (χ0n) is 14.3. The predicted molar refractivity (Wildman–Crippen MR) is 99.2 cm³/mol. The number of carbonyl (C=O) groups excluding carboxylic acids is 2. The zero-order chi connectivity index (χ0) is 19.1. The van der Waals surface area contributed by atoms with Crippen LogP contribution in [0.15, 0.2) is 22.1 Å². The zero-order valence-corrected chi connectivity index (χ0v) is 16.7. The van der Waals surface area contributed by atoms with Crippen molar-refractivity contribution in [1.29, 1.82) is 0 Å². The molecule has 0 saturated carbocycles. The van der Waals surface area contributed by atoms with Crippen molar-refractivity contribution in [3.8, 4) is 17.2 Å². The summed E-state index contributed by atoms with van der Waals surface area (Å²) < 4.78 is 21.5. The highest BCUT2D eigenvalue weighted by molar-refractivity contribution is 9.11. The van der Waals surface area contributed by atoms with Crippen LogP contribution < -0.4 is 19.5 Å². The maximum atomic E-state index is 12.0. The molecule has 0 aliphatic heterocycles. The molecule has 0 aliphatic carbocycles. The number of halogens is 1. The smallest absolute Gasteiger partial charge is 0.310 e. The largest absolute Gasteiger partial charge is 0.493 e. The number of benzene rings is 1. The molecule has 1 heterocycles. The van der Waals surface area contributed by atoms with Crippen LogP contribution in [0.25, 0.3) is 0 Å². The molecule has 0 saturated heterocycles. The number of nitrogens with one attached hydrogen (secondary N) is 1. The summed E-state index contributed by atoms with van der Waals surface area (Å²) in [7, 11) is 4.47. The van der Waals surface area contributed by atoms with Gasteiger partial charge < -0.3 is 18.9 Å². The van der Waals surface area contributed by atoms with Crippen molar-refractivity contribution in [2.45, 2.75) is 6.42 Å². The molecular formula is C16H17BrN2O6S. The molecule has 26 heavy (non-hydrogen) atoms. The first kappa shape index (κ1) is 20.0. The van der Waals surface area contributed by atoms with Crippen LogP contribution in [-0.2, 0) is 20.7 Å². The first-order valence-corrected chi connectivity index (χ1v) is 8.93. The van der Waals surface area contributed by atoms with Crippen molar-refractivity contribution in [3.63, 3.8) is 0 Å². The first-order chi connectivity index (χ1) is 12.5. The second-order valence-corrected chi connectivity index (χ2v) is 7.30. The van der Waals surface area contributed by atoms with Gasteiger partial charge in [-0.3, -0.25) is 14.9 Å². The van der Waals surface area contributed by atoms with Crippen LogP contribution in [0, 0.1) is 0 Å². The molecule has 0 bridgehead atoms. The molecule has 140 valence electrons. The lowest BCUT2D eigenvalue weighted by molar-refractivity contribution is -0.146. The van der Waals surface area contributed by atoms with Gasteiger partial charge >= 0.3 is 5.97 Å². The highest BCUT2D eigenvalue weighted by Crippen LogP contribution is 2.38. The minimum atomic E-state index is -0.560. The van der Waals surface area contributed by atoms with Crippen molar-refractivity contribution < 1.29 is 28.5 Å². The van der Waals surface area contributed by atoms with E-state index < -0.39 is 18.5 Å². The molecular weight excluding hydrogens is 428 g/mol. The van der Waals surface area contributed by atoms with Gasteiger partial charge in [-0.2, -0.15) is 0 Å². The number of ether oxygens (including phenoxy) is 4. The van der Waals surface area contributed by atoms with Gasteiger partial charge in [0.2, 0.25) is 5.75 Å². The molecule has 0 atom stereocenters. The Morgan fingerprint density at radius 3 is 2.31 bits per heavy atom. The molecule has 10 heteroatoms. The average Bonchev–Trinajstić information content (AvgIpc) is 3.03. The lowest BCUT2D eigenvalue weighted by Gasteiger charge is -2.14. The fourth-order valence-electron chi connectivity index (χ4n) is 2.07. The Morgan fingerprint density at radius 1 is 1.15 bits per heavy atom. The van der Waals surface area contributed by atoms with Gasteiger partial charge in [0.25, 0.3) is 5.91 Å². The summed E-state index contributed by atoms with van der Waals surface area (Å²) in [6, 6.07) is 3.30. The Bertz CT molecular complexity index is 770. The van der Waals surface area contributed by atoms with Gasteiger partial charge in [-0.25, -0.2) is 4.98 Å². The highest BCUT2D eigenvalue weighted by atomic mass is 79.9. The number of carbonyl (C=O) groups is 2. The van der Waals surface area contributed by atoms with E-state index in [1.165, 1.54) is 32.7 Å². The third-order valence-electron chi connectivity index (χ3n) is 3.16. The van der Waals surface area contributed by atoms with Crippen molar-refractivity contribution >= 4 is 44.3 Å². The topological polar surface area (TPSA) is 96.0 Å². The lowest BCUT2D eigenvalue weighted by atomic mass is 10.1. The van der Waals surface area contributed by atoms with E-state index in [2.05, 4.69) is 26.2 Å². The molecule has 1 aromatic heterocycles. The Morgan fingerprint density at radius 2 is 1.81 bits per heavy atom. The minimum absolute atomic E-state index is 0.0488. The van der Waals surface area contributed by atoms with Crippen LogP contribution in [-0.4, -0.2) is 44.8 Å². The SMILES string of the molecule is COc1cc(CC(=O)OCC(=O)Nc2ncc(Br)s2)cc(OC)c1OC. The van der Waals surface area contributed by atoms with Crippen molar-refractivity contribution in [2.24, 2.45) is 0 Å². The number of hydrogen-bond acceptors (Lipinski definition) is 8. The molecule has 0 fully saturated rings. The van der Waals surface area contributed by atoms with Crippen molar-refractivity contribution in [3.05, 3.63) is 27.7 Å². The lowest BCUT2D eigenvalue weighted by Crippen LogP contribution is -2.21. The molecule has 1 aromatic carbocycles. The Hall–Kier alpha value is -2.33. The average molecular weight is 445 g/mol. The van der Waals surface area contributed by atoms with Crippen molar-refractivity contribution in [2.75, 3.05) is 33.3 Å². The number of methoxy groups -OCH3 is 3. The predicted octanol–water partition coefficient (Wildman–Crippen LogP) is 2.66. The maximum Gasteiger partial charge on any atom is 0.310 e. The van der Waals surface area contributed by atoms with E-state index >= 15 is 0 Å². The summed E-state index contributed by atoms with van der Waals surface area (Å²) in [4.78, 5) is 27.7. The minimum Gasteiger partial charge on any atom is -0.493 e. The third-order valence-corrected chi connectivity index (χ3v) is 4.55. The molecule has 2 aromatic rings. The monoisotopic (exact) mass is 444 g/mol. The van der Waals surface area contributed by atoms with Crippen LogP contribution in [0.5, 0.6) is 17.2 Å². The van der Waals surface area contributed by atoms with Crippen LogP contribution in [0.2, 0.25) is 0 Å². The van der Waals surface area contributed by atoms with Crippen molar-refractivity contribution in [1.82, 2.24) is 4.98 Å². The number of hydrogen-bond donors (Lipinski definition) is 1. The molecule has 8 nitrogen and oxygen atoms in total. The highest BCUT2D eigenvalue weighted by Gasteiger charge is 2.16. The van der Waals surface area contributed by atoms with Gasteiger partial charge in [-0.1, -0.05) is 11.3 Å². The van der Waals surface area contributed by atoms with E-state index in [0.717, 1.165) is 3.79 Å². The number of esters is 1. The Balaban J connectivity index is 1.93. The number of aromatic nitrogens is 1. The molecule has 2 rings (SSSR count). The van der Waals surface area contributed by atoms with Gasteiger partial charge in [0, 0.05) is 0 Å². The van der Waals surface area contributed by atoms with Crippen LogP contribution >= 0.6 is 27.3 Å². The number of nitrogens with zero attached hydrogens (tertiary/aromatic N) is 1. The summed E-state index contributed by atoms with van der Waals surface area (Å²) in [5, 5.41) is 2.96. The summed E-state index contributed by atoms with van der Waals surface area (Å²) in [6.45, 7) is -0.402. The van der Waals surface area contributed by atoms with Crippen LogP contribution in [0.3, 0.4) is 0 Å². The fourth-order valence-corrected chi connectivity index (χ4v) is 3.19. The summed E-state index contributed by atoms with van der Waals surface area (Å²) >= 11 is 4.50. The molecule has 0 spiro atoms. The number of amides is 1. The van der Waals surface area contributed by atoms with Gasteiger partial charge in [-0.05, 0) is 33.6 Å². The van der Waals surface area contributed by atoms with E-state index in [1.807, 2.05) is 0 Å². The second kappa shape index (κ2) is 9.39. The number of rotatable bonds is 8. The van der Waals surface area contributed by atoms with E-state index in [9.17, 15) is 9.59 Å². The van der Waals surface area contributed by atoms with E-state index in [0.29, 0.717) is 27.9 Å². The second-order valence-electron chi connectivity index (χ2n) is 4.89. The number of thiazole rings is 1. The summed E-state index contributed by atoms with van der Waals surface area (Å²) in [5.41, 5.74) is 0.605. The van der Waals surface area contributed by atoms with E-state index in [1.54, 1.807) is 18.3 Å². The fraction of sp³-hybridized carbons (Fsp3) is 0.312. The molecule has 0 aliphatic rings. The normalized spacial score (nSPS) is 10.2. The van der Waals surface area contributed by atoms with Crippen LogP contribution in [0.1, 0.15) is 5.56 Å². The summed E-state index contributed by atoms with van der Waals surface area (Å²) in [6.07, 6.45) is 1.52. The molecule has 1 amide bonds. The van der Waals surface area contributed by atoms with Gasteiger partial charge in [0.1, 0.15) is 0 Å². The molecule has 0 radical (unpaired) electrons. The van der Waals surface area contributed by atoms with Gasteiger partial charge in [-0.15, -0.1) is 0 Å². The van der Waals surface area contributed by atoms with Gasteiger partial charge in [0.05, 0.1) is 37.7 Å². The standard InChI is InChI=1S/C16H17BrN2O6S/c1-22-10-4-9(5-11(23-2)15(10)24-3)6-14(21)25-8-13(20)19-16-18-7-12(17)26-16/h4-5,7H,6,8H2,1-3H3,(H,18,19,20). The quantitative estimate of drug-likeness (QED) is 0.625. The third kappa shape index (κ3) is 5.33. The Labute approximate surface area is 162 Å². The number of anilines is 1. The molecule has 1 N–H and O–H groups in total. The van der Waals surface area contributed by atoms with Crippen LogP contribution in [0.4, 0.5) is 5.13 Å². The first-order valence-electron chi connectivity index (χ1n) is 7.32. The molecule has 0 unspecified atom stereocenters. The van der Waals surface area contributed by atoms with E-state index in [4.69, 9.17) is 18.9 Å². The Kier molecular flexibility index (Phi) is 7.22. The van der Waals surface area contributed by atoms with E-state index in [-0.39, 0.29) is 6.42 Å². The van der Waals surface area contributed by atoms with Gasteiger partial charge in [0.15, 0.2) is 23.2 Å². The maximum absolute atomic E-state index is 12.0.